The second-order valence-corrected chi connectivity index (χ2v) is 1.93. The minimum atomic E-state index is 0.0436. The monoisotopic (exact) mass is 146 g/mol. The molecule has 0 unspecified atom stereocenters. The maximum Gasteiger partial charge on any atom is 0.117 e. The van der Waals surface area contributed by atoms with E-state index >= 15 is 0 Å². The van der Waals surface area contributed by atoms with Gasteiger partial charge in [0, 0.05) is 0 Å². The summed E-state index contributed by atoms with van der Waals surface area (Å²) in [5.41, 5.74) is 0.434. The van der Waals surface area contributed by atoms with Gasteiger partial charge >= 0.3 is 0 Å². The molecule has 0 amide bonds. The molecule has 1 aromatic rings. The fraction of sp³-hybridized carbons (Fsp3) is 0. The van der Waals surface area contributed by atoms with E-state index in [1.54, 1.807) is 0 Å². The Hall–Kier alpha value is -1.52. The molecule has 0 saturated carbocycles. The van der Waals surface area contributed by atoms with Crippen LogP contribution >= 0.6 is 0 Å². The van der Waals surface area contributed by atoms with Crippen molar-refractivity contribution in [1.29, 1.82) is 0 Å². The summed E-state index contributed by atoms with van der Waals surface area (Å²) in [5, 5.41) is 5.22. The lowest BCUT2D eigenvalue weighted by molar-refractivity contribution is 1.46. The van der Waals surface area contributed by atoms with E-state index in [4.69, 9.17) is 7.85 Å². The summed E-state index contributed by atoms with van der Waals surface area (Å²) in [6.07, 6.45) is 0. The van der Waals surface area contributed by atoms with Crippen molar-refractivity contribution < 1.29 is 0 Å². The van der Waals surface area contributed by atoms with Crippen LogP contribution in [0.4, 0.5) is 11.4 Å². The molecule has 0 aliphatic rings. The van der Waals surface area contributed by atoms with Gasteiger partial charge < -0.3 is 0 Å². The van der Waals surface area contributed by atoms with Gasteiger partial charge in [-0.05, 0) is 22.5 Å². The summed E-state index contributed by atoms with van der Waals surface area (Å²) >= 11 is 0. The Bertz CT molecular complexity index is 301. The average molecular weight is 146 g/mol. The first-order valence-electron chi connectivity index (χ1n) is 2.84. The summed E-state index contributed by atoms with van der Waals surface area (Å²) < 4.78 is 0. The summed E-state index contributed by atoms with van der Waals surface area (Å²) in [7, 11) is 5.32. The second-order valence-electron chi connectivity index (χ2n) is 1.93. The lowest BCUT2D eigenvalue weighted by Crippen LogP contribution is -2.00. The van der Waals surface area contributed by atoms with Gasteiger partial charge in [-0.15, -0.1) is 9.81 Å². The molecule has 0 atom stereocenters. The van der Waals surface area contributed by atoms with Crippen LogP contribution in [0.5, 0.6) is 0 Å². The van der Waals surface area contributed by atoms with Gasteiger partial charge in [0.1, 0.15) is 19.2 Å². The van der Waals surface area contributed by atoms with E-state index in [0.29, 0.717) is 0 Å². The minimum Gasteiger partial charge on any atom is -0.145 e. The molecule has 5 heteroatoms. The highest BCUT2D eigenvalue weighted by atomic mass is 16.3. The number of nitrogens with zero attached hydrogens (tertiary/aromatic N) is 2. The van der Waals surface area contributed by atoms with Crippen LogP contribution in [-0.2, 0) is 0 Å². The smallest absolute Gasteiger partial charge is 0.117 e. The Morgan fingerprint density at radius 2 is 1.91 bits per heavy atom. The lowest BCUT2D eigenvalue weighted by atomic mass is 9.94. The van der Waals surface area contributed by atoms with Gasteiger partial charge in [-0.25, -0.2) is 0 Å². The summed E-state index contributed by atoms with van der Waals surface area (Å²) in [6, 6.07) is 4.06. The first kappa shape index (κ1) is 7.59. The number of hydrogen-bond donors (Lipinski definition) is 0. The Morgan fingerprint density at radius 1 is 1.18 bits per heavy atom. The number of nitroso groups, excluding NO2 is 2. The van der Waals surface area contributed by atoms with Crippen molar-refractivity contribution in [1.82, 2.24) is 0 Å². The van der Waals surface area contributed by atoms with Gasteiger partial charge in [0.2, 0.25) is 0 Å². The van der Waals surface area contributed by atoms with Gasteiger partial charge in [-0.3, -0.25) is 0 Å². The predicted molar refractivity (Wildman–Crippen MR) is 42.7 cm³/mol. The van der Waals surface area contributed by atoms with E-state index < -0.39 is 0 Å². The van der Waals surface area contributed by atoms with Crippen molar-refractivity contribution in [2.24, 2.45) is 10.4 Å². The van der Waals surface area contributed by atoms with Gasteiger partial charge in [0.15, 0.2) is 0 Å². The van der Waals surface area contributed by atoms with Crippen LogP contribution in [0, 0.1) is 9.81 Å². The van der Waals surface area contributed by atoms with Crippen molar-refractivity contribution in [3.05, 3.63) is 28.0 Å². The lowest BCUT2D eigenvalue weighted by Gasteiger charge is -1.94. The molecule has 0 heterocycles. The second kappa shape index (κ2) is 3.05. The molecule has 0 aliphatic carbocycles. The molecule has 0 spiro atoms. The van der Waals surface area contributed by atoms with Crippen LogP contribution in [0.3, 0.4) is 0 Å². The third-order valence-corrected chi connectivity index (χ3v) is 1.22. The van der Waals surface area contributed by atoms with Gasteiger partial charge in [0.25, 0.3) is 0 Å². The zero-order valence-electron chi connectivity index (χ0n) is 5.52. The summed E-state index contributed by atoms with van der Waals surface area (Å²) in [4.78, 5) is 20.0. The molecule has 2 radical (unpaired) electrons. The number of hydrogen-bond acceptors (Lipinski definition) is 4. The average Bonchev–Trinajstić information content (AvgIpc) is 2.05. The Kier molecular flexibility index (Phi) is 2.10. The molecule has 0 aliphatic heterocycles. The molecule has 1 rings (SSSR count). The Morgan fingerprint density at radius 3 is 2.45 bits per heavy atom. The number of benzene rings is 1. The maximum atomic E-state index is 10.0. The SMILES string of the molecule is [B]c1ccc(N=O)cc1N=O. The third-order valence-electron chi connectivity index (χ3n) is 1.22. The minimum absolute atomic E-state index is 0.0436. The van der Waals surface area contributed by atoms with Crippen LogP contribution < -0.4 is 5.46 Å². The van der Waals surface area contributed by atoms with Crippen molar-refractivity contribution >= 4 is 24.7 Å². The van der Waals surface area contributed by atoms with Crippen LogP contribution in [0.1, 0.15) is 0 Å². The molecule has 0 fully saturated rings. The highest BCUT2D eigenvalue weighted by Crippen LogP contribution is 2.16. The van der Waals surface area contributed by atoms with E-state index in [-0.39, 0.29) is 16.8 Å². The van der Waals surface area contributed by atoms with E-state index in [0.717, 1.165) is 0 Å². The van der Waals surface area contributed by atoms with Gasteiger partial charge in [-0.1, -0.05) is 11.5 Å². The van der Waals surface area contributed by atoms with E-state index in [1.807, 2.05) is 0 Å². The molecular formula is C6H3BN2O2. The third kappa shape index (κ3) is 1.49. The standard InChI is InChI=1S/C6H3BN2O2/c7-5-2-1-4(8-10)3-6(5)9-11/h1-3H. The van der Waals surface area contributed by atoms with Crippen LogP contribution in [0.25, 0.3) is 0 Å². The Labute approximate surface area is 64.0 Å². The van der Waals surface area contributed by atoms with Crippen LogP contribution in [-0.4, -0.2) is 7.85 Å². The first-order chi connectivity index (χ1) is 5.27. The molecule has 4 nitrogen and oxygen atoms in total. The quantitative estimate of drug-likeness (QED) is 0.465. The van der Waals surface area contributed by atoms with Crippen LogP contribution in [0.2, 0.25) is 0 Å². The highest BCUT2D eigenvalue weighted by Gasteiger charge is 1.98. The molecule has 1 aromatic carbocycles. The van der Waals surface area contributed by atoms with Crippen molar-refractivity contribution in [2.45, 2.75) is 0 Å². The largest absolute Gasteiger partial charge is 0.145 e. The van der Waals surface area contributed by atoms with Gasteiger partial charge in [-0.2, -0.15) is 0 Å². The molecule has 52 valence electrons. The number of rotatable bonds is 2. The van der Waals surface area contributed by atoms with Crippen molar-refractivity contribution in [2.75, 3.05) is 0 Å². The normalized spacial score (nSPS) is 9.09. The van der Waals surface area contributed by atoms with Crippen LogP contribution in [0.15, 0.2) is 28.6 Å². The summed E-state index contributed by atoms with van der Waals surface area (Å²) in [5.74, 6) is 0. The van der Waals surface area contributed by atoms with Gasteiger partial charge in [0.05, 0.1) is 0 Å². The zero-order chi connectivity index (χ0) is 8.27. The molecule has 0 saturated heterocycles. The zero-order valence-corrected chi connectivity index (χ0v) is 5.52. The molecular weight excluding hydrogens is 143 g/mol. The summed E-state index contributed by atoms with van der Waals surface area (Å²) in [6.45, 7) is 0. The fourth-order valence-corrected chi connectivity index (χ4v) is 0.668. The van der Waals surface area contributed by atoms with E-state index in [1.165, 1.54) is 18.2 Å². The van der Waals surface area contributed by atoms with E-state index in [2.05, 4.69) is 10.4 Å². The van der Waals surface area contributed by atoms with Crippen molar-refractivity contribution in [3.8, 4) is 0 Å². The molecule has 11 heavy (non-hydrogen) atoms. The van der Waals surface area contributed by atoms with Crippen molar-refractivity contribution in [3.63, 3.8) is 0 Å². The molecule has 0 aromatic heterocycles. The first-order valence-corrected chi connectivity index (χ1v) is 2.84. The highest BCUT2D eigenvalue weighted by molar-refractivity contribution is 6.35. The maximum absolute atomic E-state index is 10.0. The molecule has 0 bridgehead atoms. The predicted octanol–water partition coefficient (Wildman–Crippen LogP) is 1.28. The van der Waals surface area contributed by atoms with E-state index in [9.17, 15) is 9.81 Å². The fourth-order valence-electron chi connectivity index (χ4n) is 0.668. The Balaban J connectivity index is 3.22. The molecule has 0 N–H and O–H groups in total. The topological polar surface area (TPSA) is 58.9 Å².